The molecule has 2 fully saturated rings. The van der Waals surface area contributed by atoms with Crippen LogP contribution in [0.15, 0.2) is 48.5 Å². The number of anilines is 1. The van der Waals surface area contributed by atoms with E-state index >= 15 is 0 Å². The molecule has 0 bridgehead atoms. The Kier molecular flexibility index (Phi) is 4.78. The van der Waals surface area contributed by atoms with E-state index in [9.17, 15) is 9.59 Å². The molecule has 2 atom stereocenters. The van der Waals surface area contributed by atoms with Crippen molar-refractivity contribution in [2.75, 3.05) is 18.2 Å². The fraction of sp³-hybridized carbons (Fsp3) is 0.300. The molecule has 2 aromatic carbocycles. The number of carbonyl (C=O) groups is 2. The van der Waals surface area contributed by atoms with E-state index < -0.39 is 10.9 Å². The van der Waals surface area contributed by atoms with Crippen LogP contribution in [0.3, 0.4) is 0 Å². The number of halogens is 1. The van der Waals surface area contributed by atoms with Gasteiger partial charge in [0.05, 0.1) is 12.1 Å². The molecule has 2 heterocycles. The van der Waals surface area contributed by atoms with Crippen molar-refractivity contribution in [2.45, 2.75) is 23.8 Å². The standard InChI is InChI=1S/C20H19ClN2O3S/c1-26-17-8-7-14(11-15(17)21)22-19(25)16-12-27-20(10-9-18(24)23(16)20)13-5-3-2-4-6-13/h2-8,11,16H,9-10,12H2,1H3,(H,22,25)/t16-,20-/m0/s1. The van der Waals surface area contributed by atoms with Gasteiger partial charge in [0, 0.05) is 17.9 Å². The molecule has 2 aromatic rings. The van der Waals surface area contributed by atoms with Crippen LogP contribution < -0.4 is 10.1 Å². The third-order valence-corrected chi connectivity index (χ3v) is 6.97. The molecule has 7 heteroatoms. The van der Waals surface area contributed by atoms with Crippen LogP contribution in [0.25, 0.3) is 0 Å². The van der Waals surface area contributed by atoms with E-state index in [-0.39, 0.29) is 11.8 Å². The number of nitrogens with one attached hydrogen (secondary N) is 1. The average Bonchev–Trinajstić information content (AvgIpc) is 3.22. The van der Waals surface area contributed by atoms with Gasteiger partial charge in [-0.1, -0.05) is 41.9 Å². The maximum absolute atomic E-state index is 12.9. The van der Waals surface area contributed by atoms with E-state index in [1.54, 1.807) is 34.9 Å². The number of hydrogen-bond donors (Lipinski definition) is 1. The van der Waals surface area contributed by atoms with Gasteiger partial charge in [-0.05, 0) is 30.2 Å². The monoisotopic (exact) mass is 402 g/mol. The highest BCUT2D eigenvalue weighted by Gasteiger charge is 2.56. The van der Waals surface area contributed by atoms with Crippen LogP contribution in [0.2, 0.25) is 5.02 Å². The summed E-state index contributed by atoms with van der Waals surface area (Å²) in [4.78, 5) is 26.9. The fourth-order valence-electron chi connectivity index (χ4n) is 3.81. The van der Waals surface area contributed by atoms with Crippen LogP contribution in [-0.2, 0) is 14.5 Å². The van der Waals surface area contributed by atoms with Gasteiger partial charge >= 0.3 is 0 Å². The molecule has 2 aliphatic heterocycles. The quantitative estimate of drug-likeness (QED) is 0.843. The summed E-state index contributed by atoms with van der Waals surface area (Å²) in [5.74, 6) is 0.938. The Labute approximate surface area is 167 Å². The first-order chi connectivity index (χ1) is 13.0. The first-order valence-corrected chi connectivity index (χ1v) is 10.1. The summed E-state index contributed by atoms with van der Waals surface area (Å²) in [5, 5.41) is 3.31. The Morgan fingerprint density at radius 2 is 2.07 bits per heavy atom. The number of thioether (sulfide) groups is 1. The molecule has 0 spiro atoms. The Morgan fingerprint density at radius 3 is 2.78 bits per heavy atom. The van der Waals surface area contributed by atoms with Crippen LogP contribution in [0, 0.1) is 0 Å². The molecular weight excluding hydrogens is 384 g/mol. The van der Waals surface area contributed by atoms with Gasteiger partial charge < -0.3 is 15.0 Å². The Balaban J connectivity index is 1.58. The summed E-state index contributed by atoms with van der Waals surface area (Å²) in [7, 11) is 1.54. The summed E-state index contributed by atoms with van der Waals surface area (Å²) in [6, 6.07) is 14.5. The molecule has 140 valence electrons. The predicted octanol–water partition coefficient (Wildman–Crippen LogP) is 3.88. The topological polar surface area (TPSA) is 58.6 Å². The van der Waals surface area contributed by atoms with E-state index in [1.807, 2.05) is 30.3 Å². The zero-order valence-electron chi connectivity index (χ0n) is 14.8. The van der Waals surface area contributed by atoms with Gasteiger partial charge in [-0.2, -0.15) is 0 Å². The van der Waals surface area contributed by atoms with Crippen molar-refractivity contribution in [2.24, 2.45) is 0 Å². The van der Waals surface area contributed by atoms with Crippen LogP contribution in [0.5, 0.6) is 5.75 Å². The summed E-state index contributed by atoms with van der Waals surface area (Å²) >= 11 is 7.81. The zero-order chi connectivity index (χ0) is 19.0. The molecule has 2 amide bonds. The SMILES string of the molecule is COc1ccc(NC(=O)[C@@H]2CS[C@]3(c4ccccc4)CCC(=O)N23)cc1Cl. The maximum atomic E-state index is 12.9. The second-order valence-corrected chi connectivity index (χ2v) is 8.28. The number of rotatable bonds is 4. The summed E-state index contributed by atoms with van der Waals surface area (Å²) < 4.78 is 5.14. The molecule has 0 radical (unpaired) electrons. The van der Waals surface area contributed by atoms with Gasteiger partial charge in [-0.3, -0.25) is 9.59 Å². The highest BCUT2D eigenvalue weighted by atomic mass is 35.5. The molecule has 0 aromatic heterocycles. The van der Waals surface area contributed by atoms with Crippen LogP contribution in [0.4, 0.5) is 5.69 Å². The third kappa shape index (κ3) is 3.07. The molecule has 5 nitrogen and oxygen atoms in total. The molecule has 4 rings (SSSR count). The molecule has 2 aliphatic rings. The molecule has 27 heavy (non-hydrogen) atoms. The van der Waals surface area contributed by atoms with Gasteiger partial charge in [0.25, 0.3) is 0 Å². The van der Waals surface area contributed by atoms with Crippen molar-refractivity contribution in [3.05, 3.63) is 59.1 Å². The number of nitrogens with zero attached hydrogens (tertiary/aromatic N) is 1. The highest BCUT2D eigenvalue weighted by Crippen LogP contribution is 2.54. The summed E-state index contributed by atoms with van der Waals surface area (Å²) in [6.07, 6.45) is 1.18. The number of benzene rings is 2. The number of carbonyl (C=O) groups excluding carboxylic acids is 2. The molecular formula is C20H19ClN2O3S. The van der Waals surface area contributed by atoms with Gasteiger partial charge in [0.2, 0.25) is 11.8 Å². The van der Waals surface area contributed by atoms with Crippen molar-refractivity contribution < 1.29 is 14.3 Å². The fourth-order valence-corrected chi connectivity index (χ4v) is 5.71. The van der Waals surface area contributed by atoms with E-state index in [1.165, 1.54) is 7.11 Å². The van der Waals surface area contributed by atoms with E-state index in [0.29, 0.717) is 28.6 Å². The Bertz CT molecular complexity index is 892. The lowest BCUT2D eigenvalue weighted by molar-refractivity contribution is -0.136. The normalized spacial score (nSPS) is 24.0. The van der Waals surface area contributed by atoms with Crippen molar-refractivity contribution in [1.29, 1.82) is 0 Å². The van der Waals surface area contributed by atoms with E-state index in [0.717, 1.165) is 12.0 Å². The number of ether oxygens (including phenoxy) is 1. The molecule has 1 N–H and O–H groups in total. The minimum atomic E-state index is -0.508. The van der Waals surface area contributed by atoms with Crippen LogP contribution >= 0.6 is 23.4 Å². The van der Waals surface area contributed by atoms with Crippen LogP contribution in [-0.4, -0.2) is 35.6 Å². The second-order valence-electron chi connectivity index (χ2n) is 6.58. The average molecular weight is 403 g/mol. The minimum Gasteiger partial charge on any atom is -0.495 e. The van der Waals surface area contributed by atoms with Gasteiger partial charge in [0.15, 0.2) is 0 Å². The molecule has 0 saturated carbocycles. The second kappa shape index (κ2) is 7.09. The first-order valence-electron chi connectivity index (χ1n) is 8.71. The number of fused-ring (bicyclic) bond motifs is 1. The lowest BCUT2D eigenvalue weighted by Gasteiger charge is -2.34. The van der Waals surface area contributed by atoms with E-state index in [2.05, 4.69) is 5.32 Å². The lowest BCUT2D eigenvalue weighted by Crippen LogP contribution is -2.48. The molecule has 0 aliphatic carbocycles. The van der Waals surface area contributed by atoms with Gasteiger partial charge in [-0.15, -0.1) is 11.8 Å². The Morgan fingerprint density at radius 1 is 1.30 bits per heavy atom. The smallest absolute Gasteiger partial charge is 0.248 e. The van der Waals surface area contributed by atoms with Crippen molar-refractivity contribution in [1.82, 2.24) is 4.90 Å². The summed E-state index contributed by atoms with van der Waals surface area (Å²) in [6.45, 7) is 0. The van der Waals surface area contributed by atoms with Gasteiger partial charge in [-0.25, -0.2) is 0 Å². The number of hydrogen-bond acceptors (Lipinski definition) is 4. The summed E-state index contributed by atoms with van der Waals surface area (Å²) in [5.41, 5.74) is 1.66. The highest BCUT2D eigenvalue weighted by molar-refractivity contribution is 8.00. The maximum Gasteiger partial charge on any atom is 0.248 e. The van der Waals surface area contributed by atoms with Gasteiger partial charge in [0.1, 0.15) is 16.7 Å². The third-order valence-electron chi connectivity index (χ3n) is 5.07. The largest absolute Gasteiger partial charge is 0.495 e. The predicted molar refractivity (Wildman–Crippen MR) is 107 cm³/mol. The lowest BCUT2D eigenvalue weighted by atomic mass is 10.0. The number of amides is 2. The number of methoxy groups -OCH3 is 1. The van der Waals surface area contributed by atoms with Crippen molar-refractivity contribution in [3.63, 3.8) is 0 Å². The van der Waals surface area contributed by atoms with Crippen molar-refractivity contribution in [3.8, 4) is 5.75 Å². The minimum absolute atomic E-state index is 0.0248. The van der Waals surface area contributed by atoms with Crippen LogP contribution in [0.1, 0.15) is 18.4 Å². The zero-order valence-corrected chi connectivity index (χ0v) is 16.3. The first kappa shape index (κ1) is 18.2. The molecule has 2 saturated heterocycles. The Hall–Kier alpha value is -2.18. The van der Waals surface area contributed by atoms with E-state index in [4.69, 9.17) is 16.3 Å². The molecule has 0 unspecified atom stereocenters. The van der Waals surface area contributed by atoms with Crippen molar-refractivity contribution >= 4 is 40.9 Å².